The number of piperidine rings is 1. The summed E-state index contributed by atoms with van der Waals surface area (Å²) in [5.41, 5.74) is 14.9. The van der Waals surface area contributed by atoms with Crippen molar-refractivity contribution in [3.63, 3.8) is 0 Å². The number of nitrogens with zero attached hydrogens (tertiary/aromatic N) is 18. The lowest BCUT2D eigenvalue weighted by Gasteiger charge is -2.43. The Balaban J connectivity index is 0.000000144. The lowest BCUT2D eigenvalue weighted by Crippen LogP contribution is -2.56. The Kier molecular flexibility index (Phi) is 28.8. The second-order valence-corrected chi connectivity index (χ2v) is 31.7. The maximum Gasteiger partial charge on any atom is 0.319 e. The van der Waals surface area contributed by atoms with E-state index in [0.29, 0.717) is 137 Å². The quantitative estimate of drug-likeness (QED) is 0.0299. The maximum absolute atomic E-state index is 12.7. The molecule has 0 aliphatic carbocycles. The number of piperazine rings is 4. The summed E-state index contributed by atoms with van der Waals surface area (Å²) in [6.45, 7) is 22.9. The summed E-state index contributed by atoms with van der Waals surface area (Å²) < 4.78 is 33.5. The normalized spacial score (nSPS) is 17.9. The number of nitrogens with two attached hydrogens (primary N) is 1. The first kappa shape index (κ1) is 85.2. The molecule has 1 atom stereocenters. The predicted molar refractivity (Wildman–Crippen MR) is 469 cm³/mol. The van der Waals surface area contributed by atoms with Crippen LogP contribution in [0.2, 0.25) is 0 Å². The molecular formula is C91H105N23O9. The standard InChI is InChI=1S/C33H41N9O3.C30H33N7O3.C28H31N7O3/c1-38-11-13-42(14-12-38)33(43)39(2)19-20-45-30-8-3-25(21-26(30)22-34)32-35-10-9-31(37-32)36-27-4-6-28(7-5-27)40-15-17-41(18-16-40)29-23-44-24-29;31-17-23-16-22(1-6-27(23)40-18-21-7-9-32-29(38)15-21)30-33-10-8-28(35-30)34-24-2-4-25(5-3-24)36-11-13-37(14-12-36)26-19-39-20-26;29-17-21-16-20(3-8-25(21)38-15-1-2-26(30)36)28-31-10-9-27(33-28)32-22-4-6-23(7-5-22)34-11-13-35(14-12-34)24-18-37-19-24/h3-10,21,29H,11-20,23-24H2,1-2H3,(H,35,36,37);1-6,8,10,16,21,26H,7,9,11-15,18-20H2,(H,32,38)(H,33,34,35);3-10,16,24H,1-2,11-15,18-19H2,(H2,30,36)(H,31,32,33). The van der Waals surface area contributed by atoms with E-state index in [9.17, 15) is 30.2 Å². The molecule has 4 amide bonds. The second kappa shape index (κ2) is 41.6. The molecule has 0 spiro atoms. The molecule has 1 unspecified atom stereocenters. The summed E-state index contributed by atoms with van der Waals surface area (Å²) in [5, 5.41) is 42.1. The van der Waals surface area contributed by atoms with Crippen LogP contribution < -0.4 is 55.9 Å². The number of benzene rings is 6. The van der Waals surface area contributed by atoms with Crippen molar-refractivity contribution in [3.05, 3.63) is 181 Å². The van der Waals surface area contributed by atoms with Crippen molar-refractivity contribution >= 4 is 69.4 Å². The predicted octanol–water partition coefficient (Wildman–Crippen LogP) is 9.07. The Morgan fingerprint density at radius 3 is 1.22 bits per heavy atom. The van der Waals surface area contributed by atoms with E-state index in [0.717, 1.165) is 173 Å². The van der Waals surface area contributed by atoms with Crippen molar-refractivity contribution < 1.29 is 42.8 Å². The largest absolute Gasteiger partial charge is 0.492 e. The number of urea groups is 1. The molecule has 3 aromatic heterocycles. The molecule has 0 saturated carbocycles. The van der Waals surface area contributed by atoms with Gasteiger partial charge in [-0.2, -0.15) is 15.8 Å². The van der Waals surface area contributed by atoms with E-state index in [1.807, 2.05) is 41.3 Å². The van der Waals surface area contributed by atoms with Crippen LogP contribution >= 0.6 is 0 Å². The zero-order valence-corrected chi connectivity index (χ0v) is 69.6. The molecule has 32 nitrogen and oxygen atoms in total. The Morgan fingerprint density at radius 2 is 0.870 bits per heavy atom. The van der Waals surface area contributed by atoms with Crippen molar-refractivity contribution in [2.24, 2.45) is 11.7 Å². The van der Waals surface area contributed by atoms with Gasteiger partial charge >= 0.3 is 6.03 Å². The minimum atomic E-state index is -0.375. The monoisotopic (exact) mass is 1660 g/mol. The van der Waals surface area contributed by atoms with Crippen molar-refractivity contribution in [2.75, 3.05) is 222 Å². The van der Waals surface area contributed by atoms with Gasteiger partial charge in [0.2, 0.25) is 11.8 Å². The van der Waals surface area contributed by atoms with Crippen molar-refractivity contribution in [1.29, 1.82) is 15.8 Å². The van der Waals surface area contributed by atoms with Crippen LogP contribution in [0, 0.1) is 39.9 Å². The van der Waals surface area contributed by atoms with Crippen molar-refractivity contribution in [1.82, 2.24) is 64.6 Å². The van der Waals surface area contributed by atoms with Gasteiger partial charge < -0.3 is 84.8 Å². The van der Waals surface area contributed by atoms with Crippen LogP contribution in [0.5, 0.6) is 17.2 Å². The first-order chi connectivity index (χ1) is 60.2. The van der Waals surface area contributed by atoms with Gasteiger partial charge in [-0.3, -0.25) is 24.3 Å². The number of hydrogen-bond acceptors (Lipinski definition) is 28. The van der Waals surface area contributed by atoms with Gasteiger partial charge in [-0.05, 0) is 165 Å². The van der Waals surface area contributed by atoms with Crippen molar-refractivity contribution in [2.45, 2.75) is 43.8 Å². The van der Waals surface area contributed by atoms with Crippen LogP contribution in [0.25, 0.3) is 34.2 Å². The Labute approximate surface area is 717 Å². The molecule has 638 valence electrons. The highest BCUT2D eigenvalue weighted by Crippen LogP contribution is 2.33. The molecule has 6 N–H and O–H groups in total. The highest BCUT2D eigenvalue weighted by atomic mass is 16.5. The molecule has 32 heteroatoms. The Morgan fingerprint density at radius 1 is 0.496 bits per heavy atom. The van der Waals surface area contributed by atoms with E-state index in [1.54, 1.807) is 66.9 Å². The first-order valence-electron chi connectivity index (χ1n) is 42.3. The van der Waals surface area contributed by atoms with E-state index in [1.165, 1.54) is 17.1 Å². The highest BCUT2D eigenvalue weighted by Gasteiger charge is 2.33. The van der Waals surface area contributed by atoms with E-state index in [2.05, 4.69) is 179 Å². The average molecular weight is 1660 g/mol. The van der Waals surface area contributed by atoms with Gasteiger partial charge in [-0.1, -0.05) is 0 Å². The van der Waals surface area contributed by atoms with Gasteiger partial charge in [0, 0.05) is 206 Å². The van der Waals surface area contributed by atoms with Crippen LogP contribution in [0.15, 0.2) is 164 Å². The number of aromatic nitrogens is 6. The highest BCUT2D eigenvalue weighted by molar-refractivity contribution is 5.77. The number of carbonyl (C=O) groups is 3. The zero-order valence-electron chi connectivity index (χ0n) is 69.6. The average Bonchev–Trinajstić information content (AvgIpc) is 0.851. The molecule has 9 aromatic rings. The molecule has 17 rings (SSSR count). The number of carbonyl (C=O) groups excluding carboxylic acids is 3. The van der Waals surface area contributed by atoms with E-state index < -0.39 is 0 Å². The number of amides is 4. The van der Waals surface area contributed by atoms with E-state index in [-0.39, 0.29) is 36.8 Å². The molecular weight excluding hydrogens is 1560 g/mol. The smallest absolute Gasteiger partial charge is 0.319 e. The number of anilines is 9. The third-order valence-electron chi connectivity index (χ3n) is 23.3. The van der Waals surface area contributed by atoms with Gasteiger partial charge in [0.15, 0.2) is 17.5 Å². The lowest BCUT2D eigenvalue weighted by atomic mass is 9.99. The van der Waals surface area contributed by atoms with E-state index >= 15 is 0 Å². The van der Waals surface area contributed by atoms with E-state index in [4.69, 9.17) is 39.1 Å². The first-order valence-corrected chi connectivity index (χ1v) is 42.3. The SMILES string of the molecule is CN1CCN(C(=O)N(C)CCOc2ccc(-c3nccc(Nc4ccc(N5CCN(C6COC6)CC5)cc4)n3)cc2C#N)CC1.N#Cc1cc(-c2nccc(Nc3ccc(N4CCN(C5COC5)CC4)cc3)n2)ccc1OCC1CCNC(=O)C1.N#Cc1cc(-c2nccc(Nc3ccc(N4CCN(C5COC5)CC4)cc3)n2)ccc1OCCCC(N)=O. The number of ether oxygens (including phenoxy) is 6. The topological polar surface area (TPSA) is 359 Å². The van der Waals surface area contributed by atoms with Crippen LogP contribution in [-0.4, -0.2) is 287 Å². The second-order valence-electron chi connectivity index (χ2n) is 31.7. The van der Waals surface area contributed by atoms with Gasteiger partial charge in [-0.15, -0.1) is 0 Å². The lowest BCUT2D eigenvalue weighted by molar-refractivity contribution is -0.123. The summed E-state index contributed by atoms with van der Waals surface area (Å²) in [6.07, 6.45) is 7.15. The maximum atomic E-state index is 12.7. The van der Waals surface area contributed by atoms with Crippen molar-refractivity contribution in [3.8, 4) is 69.6 Å². The molecule has 0 radical (unpaired) electrons. The Bertz CT molecular complexity index is 5180. The fraction of sp³-hybridized carbons (Fsp3) is 0.407. The molecule has 8 fully saturated rings. The fourth-order valence-corrected chi connectivity index (χ4v) is 15.7. The van der Waals surface area contributed by atoms with Gasteiger partial charge in [0.1, 0.15) is 59.5 Å². The summed E-state index contributed by atoms with van der Waals surface area (Å²) in [5.74, 6) is 4.76. The van der Waals surface area contributed by atoms with Crippen LogP contribution in [0.4, 0.5) is 56.4 Å². The summed E-state index contributed by atoms with van der Waals surface area (Å²) in [7, 11) is 3.84. The molecule has 0 bridgehead atoms. The third-order valence-corrected chi connectivity index (χ3v) is 23.3. The Hall–Kier alpha value is -12.8. The molecule has 11 heterocycles. The number of hydrogen-bond donors (Lipinski definition) is 5. The molecule has 123 heavy (non-hydrogen) atoms. The third kappa shape index (κ3) is 22.9. The molecule has 8 saturated heterocycles. The number of rotatable bonds is 27. The van der Waals surface area contributed by atoms with Crippen LogP contribution in [-0.2, 0) is 23.8 Å². The fourth-order valence-electron chi connectivity index (χ4n) is 15.7. The van der Waals surface area contributed by atoms with Crippen LogP contribution in [0.1, 0.15) is 42.4 Å². The van der Waals surface area contributed by atoms with Gasteiger partial charge in [0.25, 0.3) is 0 Å². The molecule has 8 aliphatic heterocycles. The minimum Gasteiger partial charge on any atom is -0.492 e. The molecule has 6 aromatic carbocycles. The number of primary amides is 1. The summed E-state index contributed by atoms with van der Waals surface area (Å²) >= 11 is 0. The number of nitrogens with one attached hydrogen (secondary N) is 4. The minimum absolute atomic E-state index is 0.00194. The molecule has 8 aliphatic rings. The van der Waals surface area contributed by atoms with Crippen LogP contribution in [0.3, 0.4) is 0 Å². The number of likely N-dealkylation sites (N-methyl/N-ethyl adjacent to an activating group) is 2. The summed E-state index contributed by atoms with van der Waals surface area (Å²) in [6, 6.07) is 55.0. The van der Waals surface area contributed by atoms with Gasteiger partial charge in [0.05, 0.1) is 94.2 Å². The number of nitriles is 3. The summed E-state index contributed by atoms with van der Waals surface area (Å²) in [4.78, 5) is 83.1. The zero-order chi connectivity index (χ0) is 84.8. The van der Waals surface area contributed by atoms with Gasteiger partial charge in [-0.25, -0.2) is 34.7 Å².